The van der Waals surface area contributed by atoms with E-state index in [1.165, 1.54) is 25.1 Å². The predicted molar refractivity (Wildman–Crippen MR) is 116 cm³/mol. The predicted octanol–water partition coefficient (Wildman–Crippen LogP) is 2.60. The topological polar surface area (TPSA) is 78.5 Å². The summed E-state index contributed by atoms with van der Waals surface area (Å²) in [5.74, 6) is -1.14. The minimum atomic E-state index is -0.661. The van der Waals surface area contributed by atoms with Gasteiger partial charge in [0.05, 0.1) is 0 Å². The second kappa shape index (κ2) is 10.2. The maximum atomic E-state index is 13.4. The summed E-state index contributed by atoms with van der Waals surface area (Å²) in [6, 6.07) is 12.8. The summed E-state index contributed by atoms with van der Waals surface area (Å²) in [6.45, 7) is 4.33. The van der Waals surface area contributed by atoms with Crippen LogP contribution in [0.25, 0.3) is 0 Å². The van der Waals surface area contributed by atoms with E-state index in [0.717, 1.165) is 11.1 Å². The van der Waals surface area contributed by atoms with Crippen LogP contribution in [0.15, 0.2) is 48.5 Å². The molecule has 0 saturated carbocycles. The smallest absolute Gasteiger partial charge is 0.253 e. The Kier molecular flexibility index (Phi) is 7.39. The van der Waals surface area contributed by atoms with Crippen molar-refractivity contribution in [1.29, 1.82) is 0 Å². The van der Waals surface area contributed by atoms with Gasteiger partial charge in [-0.15, -0.1) is 0 Å². The average molecular weight is 426 g/mol. The van der Waals surface area contributed by atoms with Gasteiger partial charge in [0.1, 0.15) is 11.9 Å². The van der Waals surface area contributed by atoms with E-state index >= 15 is 0 Å². The number of hydrogen-bond donors (Lipinski definition) is 2. The van der Waals surface area contributed by atoms with Crippen molar-refractivity contribution in [2.24, 2.45) is 0 Å². The molecule has 0 spiro atoms. The Bertz CT molecular complexity index is 955. The van der Waals surface area contributed by atoms with E-state index < -0.39 is 11.9 Å². The molecular weight excluding hydrogens is 397 g/mol. The van der Waals surface area contributed by atoms with Crippen molar-refractivity contribution in [3.8, 4) is 0 Å². The van der Waals surface area contributed by atoms with Crippen LogP contribution in [0.5, 0.6) is 0 Å². The Labute approximate surface area is 181 Å². The largest absolute Gasteiger partial charge is 0.351 e. The number of hydrogen-bond acceptors (Lipinski definition) is 3. The molecule has 1 heterocycles. The third kappa shape index (κ3) is 6.38. The highest BCUT2D eigenvalue weighted by Gasteiger charge is 2.27. The zero-order valence-corrected chi connectivity index (χ0v) is 17.9. The molecule has 1 aliphatic heterocycles. The number of carbonyl (C=O) groups is 3. The van der Waals surface area contributed by atoms with Gasteiger partial charge in [-0.25, -0.2) is 4.39 Å². The molecular formula is C24H28FN3O3. The standard InChI is InChI=1S/C24H28FN3O3/c1-16-5-3-6-18(13-16)14-22(26-17(2)29)23(30)27-21-9-11-28(12-10-21)24(31)19-7-4-8-20(25)15-19/h3-8,13,15,21-22H,9-12,14H2,1-2H3,(H,26,29)(H,27,30)/t22-/m1/s1. The molecule has 1 fully saturated rings. The minimum Gasteiger partial charge on any atom is -0.351 e. The van der Waals surface area contributed by atoms with E-state index in [1.807, 2.05) is 31.2 Å². The zero-order chi connectivity index (χ0) is 22.4. The second-order valence-electron chi connectivity index (χ2n) is 8.03. The normalized spacial score (nSPS) is 15.3. The van der Waals surface area contributed by atoms with E-state index in [1.54, 1.807) is 11.0 Å². The minimum absolute atomic E-state index is 0.0853. The Morgan fingerprint density at radius 3 is 2.45 bits per heavy atom. The lowest BCUT2D eigenvalue weighted by Gasteiger charge is -2.33. The van der Waals surface area contributed by atoms with E-state index in [0.29, 0.717) is 37.9 Å². The summed E-state index contributed by atoms with van der Waals surface area (Å²) < 4.78 is 13.4. The Balaban J connectivity index is 1.56. The number of aryl methyl sites for hydroxylation is 1. The Morgan fingerprint density at radius 2 is 1.81 bits per heavy atom. The van der Waals surface area contributed by atoms with Gasteiger partial charge in [0.15, 0.2) is 0 Å². The summed E-state index contributed by atoms with van der Waals surface area (Å²) in [7, 11) is 0. The first-order valence-electron chi connectivity index (χ1n) is 10.5. The van der Waals surface area contributed by atoms with Crippen LogP contribution in [0.1, 0.15) is 41.3 Å². The summed E-state index contributed by atoms with van der Waals surface area (Å²) in [6.07, 6.45) is 1.61. The molecule has 7 heteroatoms. The molecule has 164 valence electrons. The molecule has 1 saturated heterocycles. The van der Waals surface area contributed by atoms with Crippen molar-refractivity contribution in [2.75, 3.05) is 13.1 Å². The average Bonchev–Trinajstić information content (AvgIpc) is 2.73. The number of likely N-dealkylation sites (tertiary alicyclic amines) is 1. The SMILES string of the molecule is CC(=O)N[C@H](Cc1cccc(C)c1)C(=O)NC1CCN(C(=O)c2cccc(F)c2)CC1. The third-order valence-corrected chi connectivity index (χ3v) is 5.42. The lowest BCUT2D eigenvalue weighted by atomic mass is 10.0. The number of nitrogens with one attached hydrogen (secondary N) is 2. The van der Waals surface area contributed by atoms with Crippen molar-refractivity contribution in [3.05, 3.63) is 71.0 Å². The molecule has 31 heavy (non-hydrogen) atoms. The molecule has 0 radical (unpaired) electrons. The van der Waals surface area contributed by atoms with Crippen LogP contribution in [0.3, 0.4) is 0 Å². The van der Waals surface area contributed by atoms with Gasteiger partial charge in [0.2, 0.25) is 11.8 Å². The summed E-state index contributed by atoms with van der Waals surface area (Å²) in [5, 5.41) is 5.76. The van der Waals surface area contributed by atoms with Crippen molar-refractivity contribution in [1.82, 2.24) is 15.5 Å². The molecule has 0 aliphatic carbocycles. The maximum Gasteiger partial charge on any atom is 0.253 e. The highest BCUT2D eigenvalue weighted by molar-refractivity contribution is 5.94. The fourth-order valence-corrected chi connectivity index (χ4v) is 3.86. The van der Waals surface area contributed by atoms with Gasteiger partial charge in [-0.2, -0.15) is 0 Å². The number of halogens is 1. The number of rotatable bonds is 6. The summed E-state index contributed by atoms with van der Waals surface area (Å²) >= 11 is 0. The van der Waals surface area contributed by atoms with Crippen molar-refractivity contribution < 1.29 is 18.8 Å². The van der Waals surface area contributed by atoms with E-state index in [9.17, 15) is 18.8 Å². The molecule has 3 amide bonds. The maximum absolute atomic E-state index is 13.4. The van der Waals surface area contributed by atoms with Crippen LogP contribution in [0.4, 0.5) is 4.39 Å². The third-order valence-electron chi connectivity index (χ3n) is 5.42. The van der Waals surface area contributed by atoms with Gasteiger partial charge in [0, 0.05) is 38.0 Å². The van der Waals surface area contributed by atoms with Crippen molar-refractivity contribution in [3.63, 3.8) is 0 Å². The molecule has 0 aromatic heterocycles. The van der Waals surface area contributed by atoms with Gasteiger partial charge in [0.25, 0.3) is 5.91 Å². The molecule has 6 nitrogen and oxygen atoms in total. The van der Waals surface area contributed by atoms with Gasteiger partial charge in [-0.05, 0) is 43.5 Å². The second-order valence-corrected chi connectivity index (χ2v) is 8.03. The van der Waals surface area contributed by atoms with E-state index in [4.69, 9.17) is 0 Å². The van der Waals surface area contributed by atoms with Crippen LogP contribution in [-0.4, -0.2) is 47.8 Å². The van der Waals surface area contributed by atoms with Crippen LogP contribution in [0, 0.1) is 12.7 Å². The fraction of sp³-hybridized carbons (Fsp3) is 0.375. The number of benzene rings is 2. The van der Waals surface area contributed by atoms with Crippen LogP contribution in [-0.2, 0) is 16.0 Å². The zero-order valence-electron chi connectivity index (χ0n) is 17.9. The molecule has 2 aromatic rings. The number of amides is 3. The highest BCUT2D eigenvalue weighted by Crippen LogP contribution is 2.15. The summed E-state index contributed by atoms with van der Waals surface area (Å²) in [4.78, 5) is 38.7. The van der Waals surface area contributed by atoms with Gasteiger partial charge >= 0.3 is 0 Å². The first kappa shape index (κ1) is 22.5. The molecule has 3 rings (SSSR count). The molecule has 2 aromatic carbocycles. The fourth-order valence-electron chi connectivity index (χ4n) is 3.86. The molecule has 1 atom stereocenters. The van der Waals surface area contributed by atoms with Crippen molar-refractivity contribution >= 4 is 17.7 Å². The quantitative estimate of drug-likeness (QED) is 0.747. The number of piperidine rings is 1. The molecule has 1 aliphatic rings. The van der Waals surface area contributed by atoms with Crippen molar-refractivity contribution in [2.45, 2.75) is 45.2 Å². The van der Waals surface area contributed by atoms with Gasteiger partial charge < -0.3 is 15.5 Å². The number of carbonyl (C=O) groups excluding carboxylic acids is 3. The first-order chi connectivity index (χ1) is 14.8. The van der Waals surface area contributed by atoms with Crippen LogP contribution < -0.4 is 10.6 Å². The van der Waals surface area contributed by atoms with E-state index in [2.05, 4.69) is 10.6 Å². The lowest BCUT2D eigenvalue weighted by molar-refractivity contribution is -0.128. The highest BCUT2D eigenvalue weighted by atomic mass is 19.1. The Morgan fingerprint density at radius 1 is 1.10 bits per heavy atom. The van der Waals surface area contributed by atoms with E-state index in [-0.39, 0.29) is 23.8 Å². The van der Waals surface area contributed by atoms with Crippen LogP contribution >= 0.6 is 0 Å². The molecule has 2 N–H and O–H groups in total. The Hall–Kier alpha value is -3.22. The first-order valence-corrected chi connectivity index (χ1v) is 10.5. The monoisotopic (exact) mass is 425 g/mol. The van der Waals surface area contributed by atoms with Gasteiger partial charge in [-0.3, -0.25) is 14.4 Å². The van der Waals surface area contributed by atoms with Gasteiger partial charge in [-0.1, -0.05) is 35.9 Å². The van der Waals surface area contributed by atoms with Crippen LogP contribution in [0.2, 0.25) is 0 Å². The molecule has 0 unspecified atom stereocenters. The lowest BCUT2D eigenvalue weighted by Crippen LogP contribution is -2.53. The summed E-state index contributed by atoms with van der Waals surface area (Å²) in [5.41, 5.74) is 2.39. The molecule has 0 bridgehead atoms. The number of nitrogens with zero attached hydrogens (tertiary/aromatic N) is 1.